The Morgan fingerprint density at radius 1 is 1.38 bits per heavy atom. The maximum atomic E-state index is 12.4. The Kier molecular flexibility index (Phi) is 5.99. The summed E-state index contributed by atoms with van der Waals surface area (Å²) < 4.78 is 2.65. The van der Waals surface area contributed by atoms with E-state index < -0.39 is 0 Å². The van der Waals surface area contributed by atoms with Crippen molar-refractivity contribution < 1.29 is 4.79 Å². The summed E-state index contributed by atoms with van der Waals surface area (Å²) in [7, 11) is 0. The summed E-state index contributed by atoms with van der Waals surface area (Å²) in [5.41, 5.74) is 0. The van der Waals surface area contributed by atoms with E-state index in [2.05, 4.69) is 22.2 Å². The molecule has 1 N–H and O–H groups in total. The van der Waals surface area contributed by atoms with Crippen LogP contribution < -0.4 is 5.32 Å². The second kappa shape index (κ2) is 8.19. The lowest BCUT2D eigenvalue weighted by molar-refractivity contribution is 0.0591. The van der Waals surface area contributed by atoms with Crippen LogP contribution in [0, 0.1) is 3.95 Å². The molecule has 6 nitrogen and oxygen atoms in total. The molecule has 1 aliphatic rings. The lowest BCUT2D eigenvalue weighted by Gasteiger charge is -2.34. The molecule has 130 valence electrons. The summed E-state index contributed by atoms with van der Waals surface area (Å²) in [6.07, 6.45) is 1.06. The third-order valence-electron chi connectivity index (χ3n) is 3.86. The van der Waals surface area contributed by atoms with E-state index in [1.54, 1.807) is 0 Å². The third kappa shape index (κ3) is 4.21. The molecule has 0 spiro atoms. The molecule has 2 aromatic heterocycles. The van der Waals surface area contributed by atoms with Crippen molar-refractivity contribution in [3.63, 3.8) is 0 Å². The quantitative estimate of drug-likeness (QED) is 0.777. The fourth-order valence-electron chi connectivity index (χ4n) is 2.54. The number of amides is 1. The first-order chi connectivity index (χ1) is 11.7. The molecule has 0 saturated carbocycles. The van der Waals surface area contributed by atoms with Gasteiger partial charge in [-0.3, -0.25) is 9.69 Å². The van der Waals surface area contributed by atoms with Crippen LogP contribution in [-0.2, 0) is 6.67 Å². The number of aromatic nitrogens is 2. The van der Waals surface area contributed by atoms with E-state index >= 15 is 0 Å². The summed E-state index contributed by atoms with van der Waals surface area (Å²) in [5.74, 6) is 0.140. The first-order valence-corrected chi connectivity index (χ1v) is 10.1. The minimum Gasteiger partial charge on any atom is -0.360 e. The Balaban J connectivity index is 1.53. The van der Waals surface area contributed by atoms with E-state index in [0.29, 0.717) is 6.67 Å². The van der Waals surface area contributed by atoms with Crippen LogP contribution >= 0.6 is 34.9 Å². The monoisotopic (exact) mass is 383 g/mol. The van der Waals surface area contributed by atoms with Crippen LogP contribution in [-0.4, -0.2) is 58.2 Å². The number of thiophene rings is 1. The maximum absolute atomic E-state index is 12.4. The molecule has 3 rings (SSSR count). The Morgan fingerprint density at radius 3 is 2.83 bits per heavy atom. The molecule has 3 heterocycles. The topological polar surface area (TPSA) is 53.4 Å². The van der Waals surface area contributed by atoms with Crippen molar-refractivity contribution in [3.8, 4) is 0 Å². The fraction of sp³-hybridized carbons (Fsp3) is 0.533. The van der Waals surface area contributed by atoms with E-state index in [1.807, 2.05) is 27.1 Å². The fourth-order valence-corrected chi connectivity index (χ4v) is 4.25. The van der Waals surface area contributed by atoms with E-state index in [0.717, 1.165) is 53.1 Å². The summed E-state index contributed by atoms with van der Waals surface area (Å²) in [5, 5.41) is 10.6. The first kappa shape index (κ1) is 17.5. The van der Waals surface area contributed by atoms with Crippen LogP contribution in [0.1, 0.15) is 23.0 Å². The number of rotatable bonds is 6. The molecular weight excluding hydrogens is 362 g/mol. The molecule has 0 aliphatic carbocycles. The van der Waals surface area contributed by atoms with Gasteiger partial charge in [-0.05, 0) is 30.1 Å². The minimum absolute atomic E-state index is 0.140. The van der Waals surface area contributed by atoms with Gasteiger partial charge in [0.15, 0.2) is 3.95 Å². The van der Waals surface area contributed by atoms with Gasteiger partial charge in [0, 0.05) is 32.7 Å². The van der Waals surface area contributed by atoms with Gasteiger partial charge >= 0.3 is 0 Å². The average molecular weight is 384 g/mol. The zero-order valence-electron chi connectivity index (χ0n) is 13.6. The Hall–Kier alpha value is -1.29. The van der Waals surface area contributed by atoms with Gasteiger partial charge in [-0.1, -0.05) is 24.3 Å². The molecule has 1 saturated heterocycles. The van der Waals surface area contributed by atoms with Crippen molar-refractivity contribution in [1.29, 1.82) is 0 Å². The number of carbonyl (C=O) groups is 1. The van der Waals surface area contributed by atoms with Crippen molar-refractivity contribution in [2.45, 2.75) is 20.0 Å². The average Bonchev–Trinajstić information content (AvgIpc) is 3.24. The highest BCUT2D eigenvalue weighted by Gasteiger charge is 2.23. The van der Waals surface area contributed by atoms with Crippen LogP contribution in [0.5, 0.6) is 0 Å². The lowest BCUT2D eigenvalue weighted by atomic mass is 10.3. The third-order valence-corrected chi connectivity index (χ3v) is 5.98. The summed E-state index contributed by atoms with van der Waals surface area (Å²) >= 11 is 8.41. The number of carbonyl (C=O) groups excluding carboxylic acids is 1. The van der Waals surface area contributed by atoms with Crippen LogP contribution in [0.25, 0.3) is 0 Å². The van der Waals surface area contributed by atoms with Crippen molar-refractivity contribution in [1.82, 2.24) is 19.6 Å². The predicted octanol–water partition coefficient (Wildman–Crippen LogP) is 2.97. The second-order valence-corrected chi connectivity index (χ2v) is 8.20. The van der Waals surface area contributed by atoms with Gasteiger partial charge in [-0.25, -0.2) is 4.68 Å². The highest BCUT2D eigenvalue weighted by Crippen LogP contribution is 2.17. The predicted molar refractivity (Wildman–Crippen MR) is 102 cm³/mol. The Bertz CT molecular complexity index is 716. The summed E-state index contributed by atoms with van der Waals surface area (Å²) in [6, 6.07) is 3.81. The van der Waals surface area contributed by atoms with Crippen LogP contribution in [0.2, 0.25) is 0 Å². The van der Waals surface area contributed by atoms with Gasteiger partial charge in [0.2, 0.25) is 5.13 Å². The van der Waals surface area contributed by atoms with Gasteiger partial charge < -0.3 is 10.2 Å². The highest BCUT2D eigenvalue weighted by molar-refractivity contribution is 7.73. The molecule has 1 amide bonds. The van der Waals surface area contributed by atoms with E-state index in [-0.39, 0.29) is 5.91 Å². The van der Waals surface area contributed by atoms with Gasteiger partial charge in [0.1, 0.15) is 0 Å². The minimum atomic E-state index is 0.140. The number of hydrogen-bond donors (Lipinski definition) is 1. The molecule has 1 aliphatic heterocycles. The zero-order valence-corrected chi connectivity index (χ0v) is 16.1. The summed E-state index contributed by atoms with van der Waals surface area (Å²) in [6.45, 7) is 6.89. The molecule has 24 heavy (non-hydrogen) atoms. The number of piperazine rings is 1. The highest BCUT2D eigenvalue weighted by atomic mass is 32.1. The molecule has 0 bridgehead atoms. The van der Waals surface area contributed by atoms with E-state index in [4.69, 9.17) is 12.2 Å². The SMILES string of the molecule is CCCNc1nn(CN2CCN(C(=O)c3cccs3)CC2)c(=S)s1. The smallest absolute Gasteiger partial charge is 0.264 e. The van der Waals surface area contributed by atoms with Crippen LogP contribution in [0.15, 0.2) is 17.5 Å². The zero-order chi connectivity index (χ0) is 16.9. The summed E-state index contributed by atoms with van der Waals surface area (Å²) in [4.78, 5) is 17.4. The van der Waals surface area contributed by atoms with E-state index in [9.17, 15) is 4.79 Å². The Labute approximate surface area is 154 Å². The number of nitrogens with one attached hydrogen (secondary N) is 1. The standard InChI is InChI=1S/C15H21N5OS3/c1-2-5-16-14-17-20(15(22)24-14)11-18-6-8-19(9-7-18)13(21)12-4-3-10-23-12/h3-4,10H,2,5-9,11H2,1H3,(H,16,17). The van der Waals surface area contributed by atoms with Gasteiger partial charge in [-0.15, -0.1) is 16.4 Å². The number of nitrogens with zero attached hydrogens (tertiary/aromatic N) is 4. The Morgan fingerprint density at radius 2 is 2.17 bits per heavy atom. The molecule has 9 heteroatoms. The maximum Gasteiger partial charge on any atom is 0.264 e. The molecule has 0 radical (unpaired) electrons. The number of hydrogen-bond acceptors (Lipinski definition) is 7. The van der Waals surface area contributed by atoms with Crippen molar-refractivity contribution in [2.24, 2.45) is 0 Å². The van der Waals surface area contributed by atoms with Crippen molar-refractivity contribution in [3.05, 3.63) is 26.3 Å². The van der Waals surface area contributed by atoms with Crippen molar-refractivity contribution >= 4 is 45.9 Å². The lowest BCUT2D eigenvalue weighted by Crippen LogP contribution is -2.48. The molecular formula is C15H21N5OS3. The first-order valence-electron chi connectivity index (χ1n) is 8.04. The molecule has 0 atom stereocenters. The van der Waals surface area contributed by atoms with Gasteiger partial charge in [-0.2, -0.15) is 0 Å². The van der Waals surface area contributed by atoms with Gasteiger partial charge in [0.25, 0.3) is 5.91 Å². The van der Waals surface area contributed by atoms with Gasteiger partial charge in [0.05, 0.1) is 11.5 Å². The second-order valence-electron chi connectivity index (χ2n) is 5.63. The van der Waals surface area contributed by atoms with Crippen molar-refractivity contribution in [2.75, 3.05) is 38.0 Å². The molecule has 1 fully saturated rings. The molecule has 2 aromatic rings. The van der Waals surface area contributed by atoms with Crippen LogP contribution in [0.4, 0.5) is 5.13 Å². The molecule has 0 aromatic carbocycles. The number of anilines is 1. The normalized spacial score (nSPS) is 15.6. The molecule has 0 unspecified atom stereocenters. The van der Waals surface area contributed by atoms with Crippen LogP contribution in [0.3, 0.4) is 0 Å². The largest absolute Gasteiger partial charge is 0.360 e. The van der Waals surface area contributed by atoms with E-state index in [1.165, 1.54) is 22.7 Å².